The van der Waals surface area contributed by atoms with Gasteiger partial charge < -0.3 is 10.0 Å². The van der Waals surface area contributed by atoms with Gasteiger partial charge in [0.1, 0.15) is 0 Å². The van der Waals surface area contributed by atoms with Gasteiger partial charge in [-0.05, 0) is 24.0 Å². The van der Waals surface area contributed by atoms with E-state index < -0.39 is 0 Å². The molecule has 0 spiro atoms. The van der Waals surface area contributed by atoms with E-state index in [2.05, 4.69) is 34.1 Å². The van der Waals surface area contributed by atoms with Crippen molar-refractivity contribution in [1.82, 2.24) is 4.98 Å². The summed E-state index contributed by atoms with van der Waals surface area (Å²) in [5, 5.41) is 10.1. The standard InChI is InChI=1S/C14H16N2OS/c17-10-13-9-15-14(18-13)16-7-5-11-3-1-2-4-12(11)6-8-16/h1-4,9,17H,5-8,10H2. The fourth-order valence-electron chi connectivity index (χ4n) is 2.38. The van der Waals surface area contributed by atoms with E-state index in [1.54, 1.807) is 17.5 Å². The molecule has 1 aromatic heterocycles. The fourth-order valence-corrected chi connectivity index (χ4v) is 3.20. The molecule has 0 amide bonds. The Hall–Kier alpha value is -1.39. The first-order valence-electron chi connectivity index (χ1n) is 6.24. The molecule has 1 aliphatic heterocycles. The molecule has 0 fully saturated rings. The number of fused-ring (bicyclic) bond motifs is 1. The minimum Gasteiger partial charge on any atom is -0.391 e. The summed E-state index contributed by atoms with van der Waals surface area (Å²) in [5.41, 5.74) is 2.91. The second-order valence-corrected chi connectivity index (χ2v) is 5.62. The Balaban J connectivity index is 1.78. The number of rotatable bonds is 2. The summed E-state index contributed by atoms with van der Waals surface area (Å²) in [7, 11) is 0. The molecule has 1 N–H and O–H groups in total. The summed E-state index contributed by atoms with van der Waals surface area (Å²) in [5.74, 6) is 0. The normalized spacial score (nSPS) is 15.3. The SMILES string of the molecule is OCc1cnc(N2CCc3ccccc3CC2)s1. The Morgan fingerprint density at radius 1 is 1.17 bits per heavy atom. The fraction of sp³-hybridized carbons (Fsp3) is 0.357. The van der Waals surface area contributed by atoms with Crippen molar-refractivity contribution in [3.63, 3.8) is 0 Å². The Morgan fingerprint density at radius 2 is 1.83 bits per heavy atom. The van der Waals surface area contributed by atoms with E-state index in [0.29, 0.717) is 0 Å². The quantitative estimate of drug-likeness (QED) is 0.899. The molecule has 2 heterocycles. The maximum atomic E-state index is 9.10. The van der Waals surface area contributed by atoms with Gasteiger partial charge in [0.05, 0.1) is 11.5 Å². The predicted octanol–water partition coefficient (Wildman–Crippen LogP) is 2.24. The number of benzene rings is 1. The average Bonchev–Trinajstić information content (AvgIpc) is 2.79. The molecular weight excluding hydrogens is 244 g/mol. The molecule has 4 heteroatoms. The van der Waals surface area contributed by atoms with E-state index in [1.807, 2.05) is 0 Å². The molecule has 94 valence electrons. The van der Waals surface area contributed by atoms with Gasteiger partial charge in [-0.3, -0.25) is 0 Å². The molecule has 0 radical (unpaired) electrons. The van der Waals surface area contributed by atoms with E-state index >= 15 is 0 Å². The first kappa shape index (κ1) is 11.7. The topological polar surface area (TPSA) is 36.4 Å². The highest BCUT2D eigenvalue weighted by Crippen LogP contribution is 2.25. The van der Waals surface area contributed by atoms with Gasteiger partial charge in [-0.25, -0.2) is 4.98 Å². The first-order chi connectivity index (χ1) is 8.86. The van der Waals surface area contributed by atoms with Gasteiger partial charge in [-0.15, -0.1) is 0 Å². The molecule has 1 aliphatic rings. The van der Waals surface area contributed by atoms with E-state index in [4.69, 9.17) is 5.11 Å². The highest BCUT2D eigenvalue weighted by Gasteiger charge is 2.16. The van der Waals surface area contributed by atoms with E-state index in [0.717, 1.165) is 35.9 Å². The van der Waals surface area contributed by atoms with Crippen LogP contribution in [0.25, 0.3) is 0 Å². The summed E-state index contributed by atoms with van der Waals surface area (Å²) in [4.78, 5) is 7.66. The van der Waals surface area contributed by atoms with Gasteiger partial charge in [0.2, 0.25) is 0 Å². The summed E-state index contributed by atoms with van der Waals surface area (Å²) < 4.78 is 0. The van der Waals surface area contributed by atoms with Gasteiger partial charge in [-0.2, -0.15) is 0 Å². The molecule has 0 bridgehead atoms. The number of hydrogen-bond donors (Lipinski definition) is 1. The van der Waals surface area contributed by atoms with Crippen molar-refractivity contribution < 1.29 is 5.11 Å². The Morgan fingerprint density at radius 3 is 2.39 bits per heavy atom. The average molecular weight is 260 g/mol. The van der Waals surface area contributed by atoms with Crippen LogP contribution in [0.15, 0.2) is 30.5 Å². The van der Waals surface area contributed by atoms with Crippen molar-refractivity contribution in [1.29, 1.82) is 0 Å². The van der Waals surface area contributed by atoms with Crippen molar-refractivity contribution in [2.45, 2.75) is 19.4 Å². The van der Waals surface area contributed by atoms with Crippen molar-refractivity contribution >= 4 is 16.5 Å². The molecule has 3 nitrogen and oxygen atoms in total. The van der Waals surface area contributed by atoms with E-state index in [1.165, 1.54) is 11.1 Å². The minimum absolute atomic E-state index is 0.0890. The van der Waals surface area contributed by atoms with Gasteiger partial charge in [0, 0.05) is 19.3 Å². The molecule has 0 saturated heterocycles. The molecular formula is C14H16N2OS. The van der Waals surface area contributed by atoms with Gasteiger partial charge in [-0.1, -0.05) is 35.6 Å². The van der Waals surface area contributed by atoms with Crippen LogP contribution < -0.4 is 4.90 Å². The maximum absolute atomic E-state index is 9.10. The second kappa shape index (κ2) is 5.08. The van der Waals surface area contributed by atoms with Crippen LogP contribution in [-0.4, -0.2) is 23.2 Å². The van der Waals surface area contributed by atoms with Crippen molar-refractivity contribution in [3.8, 4) is 0 Å². The highest BCUT2D eigenvalue weighted by molar-refractivity contribution is 7.15. The first-order valence-corrected chi connectivity index (χ1v) is 7.06. The van der Waals surface area contributed by atoms with Crippen LogP contribution in [0.4, 0.5) is 5.13 Å². The predicted molar refractivity (Wildman–Crippen MR) is 74.1 cm³/mol. The van der Waals surface area contributed by atoms with Crippen LogP contribution in [0.3, 0.4) is 0 Å². The zero-order valence-corrected chi connectivity index (χ0v) is 11.0. The van der Waals surface area contributed by atoms with Crippen LogP contribution in [0.5, 0.6) is 0 Å². The number of aliphatic hydroxyl groups is 1. The lowest BCUT2D eigenvalue weighted by atomic mass is 10.0. The molecule has 3 rings (SSSR count). The van der Waals surface area contributed by atoms with Crippen LogP contribution in [0, 0.1) is 0 Å². The maximum Gasteiger partial charge on any atom is 0.185 e. The summed E-state index contributed by atoms with van der Waals surface area (Å²) >= 11 is 1.59. The van der Waals surface area contributed by atoms with Crippen molar-refractivity contribution in [3.05, 3.63) is 46.5 Å². The van der Waals surface area contributed by atoms with Gasteiger partial charge >= 0.3 is 0 Å². The molecule has 0 saturated carbocycles. The largest absolute Gasteiger partial charge is 0.391 e. The van der Waals surface area contributed by atoms with Crippen LogP contribution in [-0.2, 0) is 19.4 Å². The monoisotopic (exact) mass is 260 g/mol. The lowest BCUT2D eigenvalue weighted by Gasteiger charge is -2.18. The Labute approximate surface area is 111 Å². The third-order valence-electron chi connectivity index (χ3n) is 3.39. The van der Waals surface area contributed by atoms with Crippen LogP contribution in [0.1, 0.15) is 16.0 Å². The van der Waals surface area contributed by atoms with Gasteiger partial charge in [0.25, 0.3) is 0 Å². The van der Waals surface area contributed by atoms with E-state index in [-0.39, 0.29) is 6.61 Å². The number of anilines is 1. The Bertz CT molecular complexity index is 511. The van der Waals surface area contributed by atoms with Crippen LogP contribution in [0.2, 0.25) is 0 Å². The number of thiazole rings is 1. The third-order valence-corrected chi connectivity index (χ3v) is 4.43. The van der Waals surface area contributed by atoms with Gasteiger partial charge in [0.15, 0.2) is 5.13 Å². The van der Waals surface area contributed by atoms with E-state index in [9.17, 15) is 0 Å². The number of hydrogen-bond acceptors (Lipinski definition) is 4. The minimum atomic E-state index is 0.0890. The van der Waals surface area contributed by atoms with Crippen molar-refractivity contribution in [2.24, 2.45) is 0 Å². The van der Waals surface area contributed by atoms with Crippen molar-refractivity contribution in [2.75, 3.05) is 18.0 Å². The van der Waals surface area contributed by atoms with Crippen LogP contribution >= 0.6 is 11.3 Å². The third kappa shape index (κ3) is 2.26. The molecule has 0 aliphatic carbocycles. The molecule has 1 aromatic carbocycles. The Kier molecular flexibility index (Phi) is 3.30. The molecule has 0 unspecified atom stereocenters. The lowest BCUT2D eigenvalue weighted by Crippen LogP contribution is -2.25. The molecule has 0 atom stereocenters. The number of aromatic nitrogens is 1. The molecule has 2 aromatic rings. The lowest BCUT2D eigenvalue weighted by molar-refractivity contribution is 0.285. The molecule has 18 heavy (non-hydrogen) atoms. The zero-order valence-electron chi connectivity index (χ0n) is 10.2. The zero-order chi connectivity index (χ0) is 12.4. The highest BCUT2D eigenvalue weighted by atomic mass is 32.1. The number of nitrogens with zero attached hydrogens (tertiary/aromatic N) is 2. The smallest absolute Gasteiger partial charge is 0.185 e. The number of aliphatic hydroxyl groups excluding tert-OH is 1. The summed E-state index contributed by atoms with van der Waals surface area (Å²) in [6.45, 7) is 2.11. The summed E-state index contributed by atoms with van der Waals surface area (Å²) in [6.07, 6.45) is 3.92. The summed E-state index contributed by atoms with van der Waals surface area (Å²) in [6, 6.07) is 8.67. The second-order valence-electron chi connectivity index (χ2n) is 4.52.